The van der Waals surface area contributed by atoms with Gasteiger partial charge in [0.15, 0.2) is 5.96 Å². The zero-order valence-corrected chi connectivity index (χ0v) is 15.5. The Hall–Kier alpha value is -2.35. The van der Waals surface area contributed by atoms with Gasteiger partial charge >= 0.3 is 0 Å². The molecule has 0 aliphatic heterocycles. The second-order valence-electron chi connectivity index (χ2n) is 5.24. The number of rotatable bonds is 5. The van der Waals surface area contributed by atoms with Gasteiger partial charge in [-0.1, -0.05) is 42.5 Å². The van der Waals surface area contributed by atoms with Crippen molar-refractivity contribution in [1.82, 2.24) is 9.55 Å². The predicted molar refractivity (Wildman–Crippen MR) is 109 cm³/mol. The second-order valence-corrected chi connectivity index (χ2v) is 5.24. The lowest BCUT2D eigenvalue weighted by atomic mass is 10.1. The number of halogens is 1. The van der Waals surface area contributed by atoms with Gasteiger partial charge in [-0.15, -0.1) is 24.0 Å². The molecule has 6 heteroatoms. The summed E-state index contributed by atoms with van der Waals surface area (Å²) in [6.45, 7) is 1.37. The first-order valence-corrected chi connectivity index (χ1v) is 7.45. The molecule has 2 aromatic carbocycles. The zero-order chi connectivity index (χ0) is 15.9. The van der Waals surface area contributed by atoms with Crippen LogP contribution in [0.1, 0.15) is 11.1 Å². The molecule has 3 rings (SSSR count). The largest absolute Gasteiger partial charge is 0.370 e. The van der Waals surface area contributed by atoms with Gasteiger partial charge < -0.3 is 15.6 Å². The molecule has 1 heterocycles. The molecule has 3 aromatic rings. The van der Waals surface area contributed by atoms with Crippen LogP contribution in [-0.4, -0.2) is 15.5 Å². The maximum atomic E-state index is 5.90. The fourth-order valence-electron chi connectivity index (χ4n) is 2.23. The number of benzene rings is 2. The number of nitrogens with two attached hydrogens (primary N) is 1. The molecule has 0 aliphatic carbocycles. The van der Waals surface area contributed by atoms with Crippen molar-refractivity contribution in [2.75, 3.05) is 5.32 Å². The van der Waals surface area contributed by atoms with Crippen LogP contribution in [0.5, 0.6) is 0 Å². The first kappa shape index (κ1) is 18.0. The van der Waals surface area contributed by atoms with Crippen LogP contribution in [0.4, 0.5) is 5.69 Å². The summed E-state index contributed by atoms with van der Waals surface area (Å²) in [4.78, 5) is 8.41. The number of imidazole rings is 1. The monoisotopic (exact) mass is 433 g/mol. The van der Waals surface area contributed by atoms with Crippen LogP contribution < -0.4 is 11.1 Å². The molecular weight excluding hydrogens is 413 g/mol. The molecule has 0 saturated carbocycles. The number of nitrogens with one attached hydrogen (secondary N) is 1. The Labute approximate surface area is 158 Å². The third-order valence-electron chi connectivity index (χ3n) is 3.43. The lowest BCUT2D eigenvalue weighted by Crippen LogP contribution is -2.22. The number of aromatic nitrogens is 2. The molecule has 0 aliphatic rings. The lowest BCUT2D eigenvalue weighted by Gasteiger charge is -2.06. The molecule has 0 spiro atoms. The third-order valence-corrected chi connectivity index (χ3v) is 3.43. The Morgan fingerprint density at radius 2 is 1.75 bits per heavy atom. The molecule has 5 nitrogen and oxygen atoms in total. The predicted octanol–water partition coefficient (Wildman–Crippen LogP) is 3.48. The molecule has 0 unspecified atom stereocenters. The van der Waals surface area contributed by atoms with E-state index in [9.17, 15) is 0 Å². The Balaban J connectivity index is 0.00000208. The molecule has 0 amide bonds. The number of guanidine groups is 1. The number of anilines is 1. The Morgan fingerprint density at radius 3 is 2.42 bits per heavy atom. The fourth-order valence-corrected chi connectivity index (χ4v) is 2.23. The fraction of sp³-hybridized carbons (Fsp3) is 0.111. The number of nitrogens with zero attached hydrogens (tertiary/aromatic N) is 3. The van der Waals surface area contributed by atoms with E-state index in [2.05, 4.69) is 39.6 Å². The summed E-state index contributed by atoms with van der Waals surface area (Å²) >= 11 is 0. The highest BCUT2D eigenvalue weighted by Crippen LogP contribution is 2.08. The van der Waals surface area contributed by atoms with Crippen molar-refractivity contribution in [3.63, 3.8) is 0 Å². The van der Waals surface area contributed by atoms with Crippen LogP contribution >= 0.6 is 24.0 Å². The minimum Gasteiger partial charge on any atom is -0.370 e. The lowest BCUT2D eigenvalue weighted by molar-refractivity contribution is 0.796. The maximum absolute atomic E-state index is 5.90. The Kier molecular flexibility index (Phi) is 6.80. The van der Waals surface area contributed by atoms with Crippen LogP contribution in [-0.2, 0) is 13.1 Å². The molecule has 0 bridgehead atoms. The van der Waals surface area contributed by atoms with E-state index in [-0.39, 0.29) is 24.0 Å². The molecule has 0 radical (unpaired) electrons. The van der Waals surface area contributed by atoms with E-state index >= 15 is 0 Å². The third kappa shape index (κ3) is 5.38. The number of para-hydroxylation sites is 1. The quantitative estimate of drug-likeness (QED) is 0.368. The zero-order valence-electron chi connectivity index (χ0n) is 13.2. The van der Waals surface area contributed by atoms with Crippen molar-refractivity contribution in [2.45, 2.75) is 13.1 Å². The van der Waals surface area contributed by atoms with Gasteiger partial charge in [-0.3, -0.25) is 0 Å². The molecule has 24 heavy (non-hydrogen) atoms. The van der Waals surface area contributed by atoms with Gasteiger partial charge in [0.25, 0.3) is 0 Å². The summed E-state index contributed by atoms with van der Waals surface area (Å²) in [5.41, 5.74) is 9.19. The summed E-state index contributed by atoms with van der Waals surface area (Å²) < 4.78 is 2.04. The highest BCUT2D eigenvalue weighted by Gasteiger charge is 1.97. The highest BCUT2D eigenvalue weighted by molar-refractivity contribution is 14.0. The molecule has 3 N–H and O–H groups in total. The van der Waals surface area contributed by atoms with Gasteiger partial charge in [-0.25, -0.2) is 9.98 Å². The average molecular weight is 433 g/mol. The van der Waals surface area contributed by atoms with Crippen LogP contribution in [0, 0.1) is 0 Å². The maximum Gasteiger partial charge on any atom is 0.193 e. The van der Waals surface area contributed by atoms with E-state index in [0.29, 0.717) is 12.5 Å². The normalized spacial score (nSPS) is 10.9. The molecule has 1 aromatic heterocycles. The smallest absolute Gasteiger partial charge is 0.193 e. The number of hydrogen-bond donors (Lipinski definition) is 2. The minimum atomic E-state index is 0. The second kappa shape index (κ2) is 9.07. The van der Waals surface area contributed by atoms with Crippen molar-refractivity contribution in [2.24, 2.45) is 10.7 Å². The average Bonchev–Trinajstić information content (AvgIpc) is 3.08. The van der Waals surface area contributed by atoms with Gasteiger partial charge in [-0.05, 0) is 23.3 Å². The summed E-state index contributed by atoms with van der Waals surface area (Å²) in [6, 6.07) is 18.1. The van der Waals surface area contributed by atoms with Crippen LogP contribution in [0.15, 0.2) is 78.3 Å². The number of hydrogen-bond acceptors (Lipinski definition) is 2. The molecular formula is C18H20IN5. The summed E-state index contributed by atoms with van der Waals surface area (Å²) in [5.74, 6) is 0.415. The first-order chi connectivity index (χ1) is 11.3. The standard InChI is InChI=1S/C18H19N5.HI/c19-18(22-17-4-2-1-3-5-17)21-12-15-6-8-16(9-7-15)13-23-11-10-20-14-23;/h1-11,14H,12-13H2,(H3,19,21,22);1H. The SMILES string of the molecule is I.NC(=NCc1ccc(Cn2ccnc2)cc1)Nc1ccccc1. The van der Waals surface area contributed by atoms with Crippen molar-refractivity contribution in [3.05, 3.63) is 84.4 Å². The van der Waals surface area contributed by atoms with E-state index in [4.69, 9.17) is 5.73 Å². The number of aliphatic imine (C=N–C) groups is 1. The van der Waals surface area contributed by atoms with E-state index in [0.717, 1.165) is 17.8 Å². The van der Waals surface area contributed by atoms with Crippen molar-refractivity contribution < 1.29 is 0 Å². The molecule has 0 atom stereocenters. The van der Waals surface area contributed by atoms with E-state index in [1.165, 1.54) is 5.56 Å². The van der Waals surface area contributed by atoms with Gasteiger partial charge in [0, 0.05) is 24.6 Å². The Bertz CT molecular complexity index is 752. The van der Waals surface area contributed by atoms with Crippen molar-refractivity contribution in [1.29, 1.82) is 0 Å². The van der Waals surface area contributed by atoms with Crippen LogP contribution in [0.25, 0.3) is 0 Å². The van der Waals surface area contributed by atoms with Gasteiger partial charge in [0.2, 0.25) is 0 Å². The van der Waals surface area contributed by atoms with Crippen molar-refractivity contribution >= 4 is 35.6 Å². The van der Waals surface area contributed by atoms with E-state index in [1.807, 2.05) is 47.4 Å². The van der Waals surface area contributed by atoms with Gasteiger partial charge in [0.1, 0.15) is 0 Å². The van der Waals surface area contributed by atoms with Crippen LogP contribution in [0.3, 0.4) is 0 Å². The van der Waals surface area contributed by atoms with E-state index < -0.39 is 0 Å². The van der Waals surface area contributed by atoms with Crippen molar-refractivity contribution in [3.8, 4) is 0 Å². The Morgan fingerprint density at radius 1 is 1.04 bits per heavy atom. The summed E-state index contributed by atoms with van der Waals surface area (Å²) in [7, 11) is 0. The summed E-state index contributed by atoms with van der Waals surface area (Å²) in [6.07, 6.45) is 5.55. The van der Waals surface area contributed by atoms with E-state index in [1.54, 1.807) is 6.20 Å². The summed E-state index contributed by atoms with van der Waals surface area (Å²) in [5, 5.41) is 3.07. The molecule has 0 fully saturated rings. The van der Waals surface area contributed by atoms with Crippen LogP contribution in [0.2, 0.25) is 0 Å². The first-order valence-electron chi connectivity index (χ1n) is 7.45. The topological polar surface area (TPSA) is 68.2 Å². The molecule has 0 saturated heterocycles. The minimum absolute atomic E-state index is 0. The van der Waals surface area contributed by atoms with Gasteiger partial charge in [-0.2, -0.15) is 0 Å². The van der Waals surface area contributed by atoms with Gasteiger partial charge in [0.05, 0.1) is 12.9 Å². The highest BCUT2D eigenvalue weighted by atomic mass is 127. The molecule has 124 valence electrons.